The molecule has 2 amide bonds. The molecule has 0 aromatic heterocycles. The fourth-order valence-electron chi connectivity index (χ4n) is 3.07. The molecule has 8 nitrogen and oxygen atoms in total. The first-order valence-corrected chi connectivity index (χ1v) is 9.27. The van der Waals surface area contributed by atoms with Crippen LogP contribution >= 0.6 is 11.6 Å². The number of nitrogens with one attached hydrogen (secondary N) is 1. The van der Waals surface area contributed by atoms with E-state index in [0.29, 0.717) is 18.4 Å². The van der Waals surface area contributed by atoms with Crippen molar-refractivity contribution >= 4 is 29.4 Å². The second-order valence-electron chi connectivity index (χ2n) is 6.45. The number of nitrogens with two attached hydrogens (primary N) is 1. The number of aliphatic carboxylic acids is 1. The van der Waals surface area contributed by atoms with E-state index in [0.717, 1.165) is 4.90 Å². The molecule has 0 saturated carbocycles. The van der Waals surface area contributed by atoms with Crippen LogP contribution in [0.3, 0.4) is 0 Å². The van der Waals surface area contributed by atoms with E-state index in [1.54, 1.807) is 24.3 Å². The Labute approximate surface area is 168 Å². The van der Waals surface area contributed by atoms with E-state index in [-0.39, 0.29) is 16.2 Å². The Bertz CT molecular complexity index is 753. The zero-order chi connectivity index (χ0) is 20.1. The van der Waals surface area contributed by atoms with Gasteiger partial charge in [0.15, 0.2) is 0 Å². The Morgan fingerprint density at radius 3 is 2.43 bits per heavy atom. The van der Waals surface area contributed by atoms with Crippen LogP contribution in [0.15, 0.2) is 41.1 Å². The Kier molecular flexibility index (Phi) is 8.62. The Morgan fingerprint density at radius 2 is 1.89 bits per heavy atom. The van der Waals surface area contributed by atoms with Crippen molar-refractivity contribution in [3.63, 3.8) is 0 Å². The van der Waals surface area contributed by atoms with Gasteiger partial charge in [-0.05, 0) is 18.4 Å². The molecule has 2 aliphatic heterocycles. The summed E-state index contributed by atoms with van der Waals surface area (Å²) in [4.78, 5) is 37.0. The number of allylic oxidation sites excluding steroid dienone is 1. The molecule has 1 aromatic carbocycles. The number of hydrogen-bond acceptors (Lipinski definition) is 4. The molecule has 1 saturated heterocycles. The van der Waals surface area contributed by atoms with Crippen LogP contribution in [0.4, 0.5) is 0 Å². The van der Waals surface area contributed by atoms with Crippen LogP contribution < -0.4 is 11.1 Å². The van der Waals surface area contributed by atoms with Crippen LogP contribution in [0.1, 0.15) is 44.7 Å². The first-order chi connectivity index (χ1) is 12.8. The van der Waals surface area contributed by atoms with Gasteiger partial charge in [-0.3, -0.25) is 14.5 Å². The van der Waals surface area contributed by atoms with Crippen molar-refractivity contribution in [1.29, 1.82) is 0 Å². The molecule has 154 valence electrons. The topological polar surface area (TPSA) is 144 Å². The first-order valence-electron chi connectivity index (χ1n) is 8.89. The van der Waals surface area contributed by atoms with Crippen LogP contribution in [-0.2, 0) is 14.4 Å². The Balaban J connectivity index is 0.000000921. The molecule has 9 heteroatoms. The molecule has 3 atom stereocenters. The number of benzene rings is 1. The number of carboxylic acid groups (broad SMARTS) is 1. The quantitative estimate of drug-likeness (QED) is 0.639. The van der Waals surface area contributed by atoms with E-state index in [9.17, 15) is 19.5 Å². The Morgan fingerprint density at radius 1 is 1.32 bits per heavy atom. The van der Waals surface area contributed by atoms with Gasteiger partial charge in [-0.25, -0.2) is 4.79 Å². The van der Waals surface area contributed by atoms with E-state index in [4.69, 9.17) is 17.3 Å². The molecule has 0 bridgehead atoms. The standard InChI is InChI=1S/C16H16ClN3O4.C3H8.H2O/c17-9-6-7-10-12(15(22)20(10)13(9)16(23)24)19-14(21)11(18)8-4-2-1-3-5-8;1-3-2;/h1-5,10-12H,6-7,18H2,(H,19,21)(H,23,24);3H2,1-2H3;1H2/t10-,11-,12+;;/m1../s1. The average molecular weight is 412 g/mol. The third-order valence-electron chi connectivity index (χ3n) is 4.32. The number of carboxylic acids is 1. The second kappa shape index (κ2) is 10.2. The summed E-state index contributed by atoms with van der Waals surface area (Å²) in [6, 6.07) is 6.74. The Hall–Kier alpha value is -2.42. The van der Waals surface area contributed by atoms with Gasteiger partial charge in [-0.2, -0.15) is 0 Å². The maximum Gasteiger partial charge on any atom is 0.353 e. The van der Waals surface area contributed by atoms with E-state index in [1.807, 2.05) is 6.07 Å². The zero-order valence-electron chi connectivity index (χ0n) is 15.8. The van der Waals surface area contributed by atoms with Gasteiger partial charge < -0.3 is 21.6 Å². The molecule has 0 spiro atoms. The molecule has 0 aliphatic carbocycles. The second-order valence-corrected chi connectivity index (χ2v) is 6.91. The number of rotatable bonds is 4. The molecule has 28 heavy (non-hydrogen) atoms. The molecule has 1 aromatic rings. The van der Waals surface area contributed by atoms with Gasteiger partial charge in [-0.15, -0.1) is 0 Å². The van der Waals surface area contributed by atoms with Crippen molar-refractivity contribution in [3.05, 3.63) is 46.6 Å². The van der Waals surface area contributed by atoms with Gasteiger partial charge in [0.1, 0.15) is 17.8 Å². The smallest absolute Gasteiger partial charge is 0.353 e. The highest BCUT2D eigenvalue weighted by atomic mass is 35.5. The van der Waals surface area contributed by atoms with Crippen molar-refractivity contribution in [2.75, 3.05) is 0 Å². The van der Waals surface area contributed by atoms with Crippen LogP contribution in [0.2, 0.25) is 0 Å². The highest BCUT2D eigenvalue weighted by Gasteiger charge is 2.53. The number of carbonyl (C=O) groups is 3. The van der Waals surface area contributed by atoms with E-state index >= 15 is 0 Å². The van der Waals surface area contributed by atoms with Crippen LogP contribution in [0.25, 0.3) is 0 Å². The predicted molar refractivity (Wildman–Crippen MR) is 105 cm³/mol. The molecule has 0 radical (unpaired) electrons. The van der Waals surface area contributed by atoms with Crippen LogP contribution in [-0.4, -0.2) is 45.3 Å². The van der Waals surface area contributed by atoms with E-state index < -0.39 is 35.9 Å². The summed E-state index contributed by atoms with van der Waals surface area (Å²) >= 11 is 5.92. The van der Waals surface area contributed by atoms with Gasteiger partial charge in [-0.1, -0.05) is 62.2 Å². The highest BCUT2D eigenvalue weighted by molar-refractivity contribution is 6.32. The van der Waals surface area contributed by atoms with Gasteiger partial charge in [0.05, 0.1) is 6.04 Å². The molecule has 1 fully saturated rings. The predicted octanol–water partition coefficient (Wildman–Crippen LogP) is 1.30. The average Bonchev–Trinajstić information content (AvgIpc) is 2.66. The molecule has 3 rings (SSSR count). The first kappa shape index (κ1) is 23.6. The number of halogens is 1. The molecule has 6 N–H and O–H groups in total. The maximum atomic E-state index is 12.3. The summed E-state index contributed by atoms with van der Waals surface area (Å²) in [5, 5.41) is 12.0. The lowest BCUT2D eigenvalue weighted by Crippen LogP contribution is -2.72. The van der Waals surface area contributed by atoms with E-state index in [2.05, 4.69) is 19.2 Å². The summed E-state index contributed by atoms with van der Waals surface area (Å²) in [5.41, 5.74) is 6.35. The maximum absolute atomic E-state index is 12.3. The van der Waals surface area contributed by atoms with Crippen molar-refractivity contribution in [1.82, 2.24) is 10.2 Å². The van der Waals surface area contributed by atoms with Crippen molar-refractivity contribution < 1.29 is 25.0 Å². The zero-order valence-corrected chi connectivity index (χ0v) is 16.6. The molecular formula is C19H26ClN3O5. The number of amides is 2. The SMILES string of the molecule is CCC.N[C@@H](C(=O)N[C@@H]1C(=O)N2C(C(=O)O)=C(Cl)CC[C@H]12)c1ccccc1.O. The summed E-state index contributed by atoms with van der Waals surface area (Å²) in [6.45, 7) is 4.25. The minimum absolute atomic E-state index is 0. The third-order valence-corrected chi connectivity index (χ3v) is 4.69. The lowest BCUT2D eigenvalue weighted by atomic mass is 9.86. The molecule has 2 aliphatic rings. The largest absolute Gasteiger partial charge is 0.477 e. The van der Waals surface area contributed by atoms with Crippen LogP contribution in [0.5, 0.6) is 0 Å². The number of β-lactam (4-membered cyclic amide) rings is 1. The minimum atomic E-state index is -1.25. The lowest BCUT2D eigenvalue weighted by molar-refractivity contribution is -0.156. The highest BCUT2D eigenvalue weighted by Crippen LogP contribution is 2.38. The monoisotopic (exact) mass is 411 g/mol. The van der Waals surface area contributed by atoms with Crippen molar-refractivity contribution in [2.24, 2.45) is 5.73 Å². The minimum Gasteiger partial charge on any atom is -0.477 e. The van der Waals surface area contributed by atoms with Gasteiger partial charge in [0.2, 0.25) is 5.91 Å². The summed E-state index contributed by atoms with van der Waals surface area (Å²) in [5.74, 6) is -2.20. The fourth-order valence-corrected chi connectivity index (χ4v) is 3.35. The third kappa shape index (κ3) is 4.70. The molecular weight excluding hydrogens is 386 g/mol. The summed E-state index contributed by atoms with van der Waals surface area (Å²) < 4.78 is 0. The number of fused-ring (bicyclic) bond motifs is 1. The van der Waals surface area contributed by atoms with Crippen LogP contribution in [0, 0.1) is 0 Å². The fraction of sp³-hybridized carbons (Fsp3) is 0.421. The number of nitrogens with zero attached hydrogens (tertiary/aromatic N) is 1. The van der Waals surface area contributed by atoms with Gasteiger partial charge >= 0.3 is 5.97 Å². The summed E-state index contributed by atoms with van der Waals surface area (Å²) in [7, 11) is 0. The molecule has 2 heterocycles. The normalized spacial score (nSPS) is 21.3. The summed E-state index contributed by atoms with van der Waals surface area (Å²) in [6.07, 6.45) is 2.10. The van der Waals surface area contributed by atoms with Gasteiger partial charge in [0, 0.05) is 5.03 Å². The van der Waals surface area contributed by atoms with Crippen molar-refractivity contribution in [3.8, 4) is 0 Å². The molecule has 0 unspecified atom stereocenters. The van der Waals surface area contributed by atoms with E-state index in [1.165, 1.54) is 6.42 Å². The van der Waals surface area contributed by atoms with Gasteiger partial charge in [0.25, 0.3) is 5.91 Å². The number of hydrogen-bond donors (Lipinski definition) is 3. The number of carbonyl (C=O) groups excluding carboxylic acids is 2. The lowest BCUT2D eigenvalue weighted by Gasteiger charge is -2.49. The van der Waals surface area contributed by atoms with Crippen molar-refractivity contribution in [2.45, 2.75) is 51.2 Å².